The Bertz CT molecular complexity index is 127. The Morgan fingerprint density at radius 2 is 2.25 bits per heavy atom. The zero-order chi connectivity index (χ0) is 9.23. The Morgan fingerprint density at radius 1 is 1.50 bits per heavy atom. The lowest BCUT2D eigenvalue weighted by atomic mass is 10.1. The Labute approximate surface area is 72.3 Å². The van der Waals surface area contributed by atoms with E-state index in [-0.39, 0.29) is 6.04 Å². The quantitative estimate of drug-likeness (QED) is 0.320. The van der Waals surface area contributed by atoms with Crippen molar-refractivity contribution in [1.82, 2.24) is 0 Å². The third-order valence-electron chi connectivity index (χ3n) is 1.68. The van der Waals surface area contributed by atoms with Gasteiger partial charge >= 0.3 is 0 Å². The minimum Gasteiger partial charge on any atom is -0.468 e. The van der Waals surface area contributed by atoms with Gasteiger partial charge in [-0.15, -0.1) is 0 Å². The van der Waals surface area contributed by atoms with Gasteiger partial charge in [-0.2, -0.15) is 4.91 Å². The summed E-state index contributed by atoms with van der Waals surface area (Å²) in [5.41, 5.74) is 0. The van der Waals surface area contributed by atoms with Crippen LogP contribution < -0.4 is 0 Å². The molecule has 0 aliphatic carbocycles. The molecule has 1 atom stereocenters. The van der Waals surface area contributed by atoms with Crippen LogP contribution in [0.1, 0.15) is 32.6 Å². The van der Waals surface area contributed by atoms with Gasteiger partial charge in [-0.25, -0.2) is 0 Å². The van der Waals surface area contributed by atoms with E-state index in [0.29, 0.717) is 19.5 Å². The zero-order valence-electron chi connectivity index (χ0n) is 7.36. The molecule has 0 saturated carbocycles. The van der Waals surface area contributed by atoms with Crippen molar-refractivity contribution in [3.8, 4) is 0 Å². The predicted molar refractivity (Wildman–Crippen MR) is 45.7 cm³/mol. The lowest BCUT2D eigenvalue weighted by Crippen LogP contribution is -2.07. The van der Waals surface area contributed by atoms with Gasteiger partial charge in [0, 0.05) is 6.42 Å². The normalized spacial score (nSPS) is 12.1. The SMILES string of the molecule is CCCCC(CCOC=O)N=O. The molecule has 0 aromatic carbocycles. The molecule has 0 rings (SSSR count). The molecule has 0 saturated heterocycles. The highest BCUT2D eigenvalue weighted by molar-refractivity contribution is 5.36. The van der Waals surface area contributed by atoms with Gasteiger partial charge in [0.15, 0.2) is 0 Å². The maximum atomic E-state index is 10.2. The minimum atomic E-state index is -0.190. The highest BCUT2D eigenvalue weighted by Crippen LogP contribution is 2.07. The predicted octanol–water partition coefficient (Wildman–Crippen LogP) is 1.87. The minimum absolute atomic E-state index is 0.190. The number of hydrogen-bond donors (Lipinski definition) is 0. The van der Waals surface area contributed by atoms with Crippen LogP contribution in [-0.2, 0) is 9.53 Å². The summed E-state index contributed by atoms with van der Waals surface area (Å²) < 4.78 is 4.47. The number of nitroso groups, excluding NO2 is 1. The first-order chi connectivity index (χ1) is 5.85. The summed E-state index contributed by atoms with van der Waals surface area (Å²) >= 11 is 0. The standard InChI is InChI=1S/C8H15NO3/c1-2-3-4-8(9-11)5-6-12-7-10/h7-8H,2-6H2,1H3. The molecule has 0 N–H and O–H groups in total. The van der Waals surface area contributed by atoms with Crippen molar-refractivity contribution < 1.29 is 9.53 Å². The average Bonchev–Trinajstić information content (AvgIpc) is 2.11. The molecule has 12 heavy (non-hydrogen) atoms. The second-order valence-electron chi connectivity index (χ2n) is 2.66. The summed E-state index contributed by atoms with van der Waals surface area (Å²) in [6, 6.07) is -0.190. The molecule has 0 spiro atoms. The number of carbonyl (C=O) groups excluding carboxylic acids is 1. The van der Waals surface area contributed by atoms with Crippen molar-refractivity contribution in [2.75, 3.05) is 6.61 Å². The van der Waals surface area contributed by atoms with Crippen LogP contribution in [0.3, 0.4) is 0 Å². The molecule has 1 unspecified atom stereocenters. The molecule has 0 aliphatic heterocycles. The largest absolute Gasteiger partial charge is 0.468 e. The van der Waals surface area contributed by atoms with Gasteiger partial charge in [-0.3, -0.25) is 4.79 Å². The van der Waals surface area contributed by atoms with Gasteiger partial charge < -0.3 is 4.74 Å². The van der Waals surface area contributed by atoms with Crippen LogP contribution in [0.25, 0.3) is 0 Å². The second kappa shape index (κ2) is 8.17. The molecule has 0 amide bonds. The van der Waals surface area contributed by atoms with E-state index in [1.165, 1.54) is 0 Å². The number of carbonyl (C=O) groups is 1. The molecule has 4 nitrogen and oxygen atoms in total. The Morgan fingerprint density at radius 3 is 2.75 bits per heavy atom. The lowest BCUT2D eigenvalue weighted by Gasteiger charge is -2.06. The summed E-state index contributed by atoms with van der Waals surface area (Å²) in [6.07, 6.45) is 3.39. The smallest absolute Gasteiger partial charge is 0.293 e. The van der Waals surface area contributed by atoms with E-state index in [4.69, 9.17) is 0 Å². The Balaban J connectivity index is 3.38. The topological polar surface area (TPSA) is 55.7 Å². The highest BCUT2D eigenvalue weighted by Gasteiger charge is 2.07. The van der Waals surface area contributed by atoms with Gasteiger partial charge in [0.25, 0.3) is 6.47 Å². The van der Waals surface area contributed by atoms with Crippen LogP contribution in [0.4, 0.5) is 0 Å². The summed E-state index contributed by atoms with van der Waals surface area (Å²) in [7, 11) is 0. The fraction of sp³-hybridized carbons (Fsp3) is 0.875. The van der Waals surface area contributed by atoms with Crippen molar-refractivity contribution in [2.24, 2.45) is 5.18 Å². The molecular weight excluding hydrogens is 158 g/mol. The molecule has 0 heterocycles. The maximum Gasteiger partial charge on any atom is 0.293 e. The molecule has 0 fully saturated rings. The van der Waals surface area contributed by atoms with Crippen molar-refractivity contribution in [2.45, 2.75) is 38.6 Å². The van der Waals surface area contributed by atoms with Gasteiger partial charge in [0.05, 0.1) is 12.6 Å². The molecule has 70 valence electrons. The molecule has 0 bridgehead atoms. The summed E-state index contributed by atoms with van der Waals surface area (Å²) in [4.78, 5) is 20.0. The molecular formula is C8H15NO3. The molecule has 0 aliphatic rings. The van der Waals surface area contributed by atoms with E-state index in [2.05, 4.69) is 16.8 Å². The number of ether oxygens (including phenoxy) is 1. The summed E-state index contributed by atoms with van der Waals surface area (Å²) in [6.45, 7) is 2.75. The summed E-state index contributed by atoms with van der Waals surface area (Å²) in [5.74, 6) is 0. The average molecular weight is 173 g/mol. The number of hydrogen-bond acceptors (Lipinski definition) is 4. The monoisotopic (exact) mass is 173 g/mol. The van der Waals surface area contributed by atoms with E-state index >= 15 is 0 Å². The summed E-state index contributed by atoms with van der Waals surface area (Å²) in [5, 5.41) is 2.95. The third kappa shape index (κ3) is 5.82. The van der Waals surface area contributed by atoms with Crippen LogP contribution in [-0.4, -0.2) is 19.1 Å². The molecule has 0 aromatic rings. The highest BCUT2D eigenvalue weighted by atomic mass is 16.5. The third-order valence-corrected chi connectivity index (χ3v) is 1.68. The van der Waals surface area contributed by atoms with E-state index < -0.39 is 0 Å². The second-order valence-corrected chi connectivity index (χ2v) is 2.66. The Hall–Kier alpha value is -0.930. The van der Waals surface area contributed by atoms with E-state index in [1.54, 1.807) is 0 Å². The van der Waals surface area contributed by atoms with Crippen molar-refractivity contribution >= 4 is 6.47 Å². The van der Waals surface area contributed by atoms with Crippen LogP contribution in [0.2, 0.25) is 0 Å². The van der Waals surface area contributed by atoms with E-state index in [0.717, 1.165) is 19.3 Å². The van der Waals surface area contributed by atoms with Crippen molar-refractivity contribution in [1.29, 1.82) is 0 Å². The fourth-order valence-corrected chi connectivity index (χ4v) is 0.942. The molecule has 0 radical (unpaired) electrons. The molecule has 4 heteroatoms. The van der Waals surface area contributed by atoms with Gasteiger partial charge in [-0.1, -0.05) is 24.9 Å². The first kappa shape index (κ1) is 11.1. The van der Waals surface area contributed by atoms with Crippen molar-refractivity contribution in [3.05, 3.63) is 4.91 Å². The van der Waals surface area contributed by atoms with Crippen LogP contribution in [0, 0.1) is 4.91 Å². The zero-order valence-corrected chi connectivity index (χ0v) is 7.36. The van der Waals surface area contributed by atoms with Crippen LogP contribution in [0.15, 0.2) is 5.18 Å². The Kier molecular flexibility index (Phi) is 7.54. The molecule has 0 aromatic heterocycles. The lowest BCUT2D eigenvalue weighted by molar-refractivity contribution is -0.128. The van der Waals surface area contributed by atoms with Crippen LogP contribution >= 0.6 is 0 Å². The van der Waals surface area contributed by atoms with Gasteiger partial charge in [-0.05, 0) is 6.42 Å². The first-order valence-corrected chi connectivity index (χ1v) is 4.22. The van der Waals surface area contributed by atoms with Gasteiger partial charge in [0.2, 0.25) is 0 Å². The maximum absolute atomic E-state index is 10.2. The van der Waals surface area contributed by atoms with Crippen molar-refractivity contribution in [3.63, 3.8) is 0 Å². The van der Waals surface area contributed by atoms with E-state index in [9.17, 15) is 9.70 Å². The fourth-order valence-electron chi connectivity index (χ4n) is 0.942. The van der Waals surface area contributed by atoms with Gasteiger partial charge in [0.1, 0.15) is 0 Å². The number of rotatable bonds is 8. The number of nitrogens with zero attached hydrogens (tertiary/aromatic N) is 1. The first-order valence-electron chi connectivity index (χ1n) is 4.22. The van der Waals surface area contributed by atoms with E-state index in [1.807, 2.05) is 0 Å². The number of unbranched alkanes of at least 4 members (excludes halogenated alkanes) is 1. The van der Waals surface area contributed by atoms with Crippen LogP contribution in [0.5, 0.6) is 0 Å².